The largest absolute Gasteiger partial charge is 0.317 e. The highest BCUT2D eigenvalue weighted by Gasteiger charge is 2.03. The zero-order valence-electron chi connectivity index (χ0n) is 6.81. The van der Waals surface area contributed by atoms with Gasteiger partial charge in [-0.25, -0.2) is 0 Å². The smallest absolute Gasteiger partial charge is 0.253 e. The van der Waals surface area contributed by atoms with Crippen LogP contribution in [0.1, 0.15) is 11.1 Å². The minimum atomic E-state index is 0.0747. The Balaban J connectivity index is 3.59. The van der Waals surface area contributed by atoms with E-state index < -0.39 is 0 Å². The highest BCUT2D eigenvalue weighted by molar-refractivity contribution is 9.10. The molecule has 0 radical (unpaired) electrons. The molecule has 0 unspecified atom stereocenters. The van der Waals surface area contributed by atoms with E-state index in [2.05, 4.69) is 15.9 Å². The van der Waals surface area contributed by atoms with Crippen molar-refractivity contribution in [3.63, 3.8) is 0 Å². The van der Waals surface area contributed by atoms with Gasteiger partial charge >= 0.3 is 0 Å². The molecule has 0 fully saturated rings. The Hall–Kier alpha value is -0.570. The van der Waals surface area contributed by atoms with Crippen LogP contribution < -0.4 is 5.56 Å². The molecule has 0 saturated heterocycles. The molecule has 0 aliphatic carbocycles. The summed E-state index contributed by atoms with van der Waals surface area (Å²) in [6.07, 6.45) is 1.78. The maximum Gasteiger partial charge on any atom is 0.253 e. The van der Waals surface area contributed by atoms with Gasteiger partial charge in [-0.3, -0.25) is 4.79 Å². The molecule has 0 aliphatic rings. The van der Waals surface area contributed by atoms with Crippen LogP contribution in [-0.4, -0.2) is 4.57 Å². The number of aromatic nitrogens is 1. The third-order valence-corrected chi connectivity index (χ3v) is 2.67. The third-order valence-electron chi connectivity index (χ3n) is 1.87. The standard InChI is InChI=1S/C8H10BrNO/c1-5-6(2)8(11)10(3)4-7(5)9/h4H,1-3H3. The fourth-order valence-corrected chi connectivity index (χ4v) is 1.53. The lowest BCUT2D eigenvalue weighted by Gasteiger charge is -2.04. The monoisotopic (exact) mass is 215 g/mol. The van der Waals surface area contributed by atoms with Crippen molar-refractivity contribution >= 4 is 15.9 Å². The minimum Gasteiger partial charge on any atom is -0.317 e. The lowest BCUT2D eigenvalue weighted by molar-refractivity contribution is 0.837. The van der Waals surface area contributed by atoms with Gasteiger partial charge in [0, 0.05) is 23.3 Å². The van der Waals surface area contributed by atoms with E-state index in [1.807, 2.05) is 13.8 Å². The van der Waals surface area contributed by atoms with Gasteiger partial charge in [0.2, 0.25) is 0 Å². The molecule has 0 bridgehead atoms. The first kappa shape index (κ1) is 8.53. The number of nitrogens with zero attached hydrogens (tertiary/aromatic N) is 1. The molecule has 0 aromatic carbocycles. The number of rotatable bonds is 0. The molecule has 0 N–H and O–H groups in total. The zero-order chi connectivity index (χ0) is 8.59. The van der Waals surface area contributed by atoms with Crippen molar-refractivity contribution in [3.8, 4) is 0 Å². The fraction of sp³-hybridized carbons (Fsp3) is 0.375. The summed E-state index contributed by atoms with van der Waals surface area (Å²) in [5, 5.41) is 0. The molecule has 0 amide bonds. The Kier molecular flexibility index (Phi) is 2.18. The molecule has 0 aliphatic heterocycles. The van der Waals surface area contributed by atoms with Crippen molar-refractivity contribution in [2.75, 3.05) is 0 Å². The van der Waals surface area contributed by atoms with E-state index in [1.165, 1.54) is 0 Å². The van der Waals surface area contributed by atoms with E-state index in [0.717, 1.165) is 15.6 Å². The number of halogens is 1. The topological polar surface area (TPSA) is 22.0 Å². The summed E-state index contributed by atoms with van der Waals surface area (Å²) in [7, 11) is 1.75. The summed E-state index contributed by atoms with van der Waals surface area (Å²) in [5.41, 5.74) is 1.90. The summed E-state index contributed by atoms with van der Waals surface area (Å²) < 4.78 is 2.56. The predicted molar refractivity (Wildman–Crippen MR) is 48.9 cm³/mol. The quantitative estimate of drug-likeness (QED) is 0.647. The molecule has 0 atom stereocenters. The molecule has 3 heteroatoms. The number of hydrogen-bond donors (Lipinski definition) is 0. The molecule has 11 heavy (non-hydrogen) atoms. The van der Waals surface area contributed by atoms with Crippen LogP contribution in [0.5, 0.6) is 0 Å². The van der Waals surface area contributed by atoms with Crippen molar-refractivity contribution in [2.45, 2.75) is 13.8 Å². The Morgan fingerprint density at radius 1 is 1.36 bits per heavy atom. The average Bonchev–Trinajstić information content (AvgIpc) is 1.97. The molecular weight excluding hydrogens is 206 g/mol. The SMILES string of the molecule is Cc1c(Br)cn(C)c(=O)c1C. The molecule has 0 spiro atoms. The maximum absolute atomic E-state index is 11.3. The number of aryl methyl sites for hydroxylation is 1. The van der Waals surface area contributed by atoms with E-state index in [0.29, 0.717) is 0 Å². The van der Waals surface area contributed by atoms with Crippen LogP contribution in [0.3, 0.4) is 0 Å². The number of pyridine rings is 1. The van der Waals surface area contributed by atoms with Gasteiger partial charge in [-0.05, 0) is 35.3 Å². The average molecular weight is 216 g/mol. The Bertz CT molecular complexity index is 341. The van der Waals surface area contributed by atoms with Crippen molar-refractivity contribution in [3.05, 3.63) is 32.2 Å². The Labute approximate surface area is 74.0 Å². The second kappa shape index (κ2) is 2.81. The summed E-state index contributed by atoms with van der Waals surface area (Å²) >= 11 is 3.37. The van der Waals surface area contributed by atoms with Gasteiger partial charge < -0.3 is 4.57 Å². The van der Waals surface area contributed by atoms with E-state index in [-0.39, 0.29) is 5.56 Å². The van der Waals surface area contributed by atoms with Crippen LogP contribution in [0.15, 0.2) is 15.5 Å². The molecule has 1 rings (SSSR count). The van der Waals surface area contributed by atoms with Crippen molar-refractivity contribution in [2.24, 2.45) is 7.05 Å². The Morgan fingerprint density at radius 2 is 1.91 bits per heavy atom. The molecular formula is C8H10BrNO. The fourth-order valence-electron chi connectivity index (χ4n) is 0.930. The molecule has 1 heterocycles. The number of hydrogen-bond acceptors (Lipinski definition) is 1. The first-order valence-electron chi connectivity index (χ1n) is 3.36. The summed E-state index contributed by atoms with van der Waals surface area (Å²) in [6, 6.07) is 0. The van der Waals surface area contributed by atoms with Gasteiger partial charge in [-0.1, -0.05) is 0 Å². The van der Waals surface area contributed by atoms with E-state index >= 15 is 0 Å². The second-order valence-corrected chi connectivity index (χ2v) is 3.50. The van der Waals surface area contributed by atoms with Gasteiger partial charge in [-0.2, -0.15) is 0 Å². The van der Waals surface area contributed by atoms with Crippen LogP contribution >= 0.6 is 15.9 Å². The van der Waals surface area contributed by atoms with Crippen LogP contribution in [0.2, 0.25) is 0 Å². The van der Waals surface area contributed by atoms with Crippen LogP contribution in [0.4, 0.5) is 0 Å². The van der Waals surface area contributed by atoms with Crippen LogP contribution in [-0.2, 0) is 7.05 Å². The molecule has 1 aromatic heterocycles. The maximum atomic E-state index is 11.3. The van der Waals surface area contributed by atoms with Crippen LogP contribution in [0, 0.1) is 13.8 Å². The van der Waals surface area contributed by atoms with Gasteiger partial charge in [-0.15, -0.1) is 0 Å². The predicted octanol–water partition coefficient (Wildman–Crippen LogP) is 1.76. The van der Waals surface area contributed by atoms with Gasteiger partial charge in [0.15, 0.2) is 0 Å². The summed E-state index contributed by atoms with van der Waals surface area (Å²) in [5.74, 6) is 0. The van der Waals surface area contributed by atoms with Gasteiger partial charge in [0.05, 0.1) is 0 Å². The lowest BCUT2D eigenvalue weighted by Crippen LogP contribution is -2.19. The molecule has 2 nitrogen and oxygen atoms in total. The molecule has 1 aromatic rings. The van der Waals surface area contributed by atoms with E-state index in [1.54, 1.807) is 17.8 Å². The van der Waals surface area contributed by atoms with Gasteiger partial charge in [0.1, 0.15) is 0 Å². The first-order valence-corrected chi connectivity index (χ1v) is 4.15. The van der Waals surface area contributed by atoms with Gasteiger partial charge in [0.25, 0.3) is 5.56 Å². The van der Waals surface area contributed by atoms with E-state index in [9.17, 15) is 4.79 Å². The van der Waals surface area contributed by atoms with Crippen molar-refractivity contribution < 1.29 is 0 Å². The third kappa shape index (κ3) is 1.38. The summed E-state index contributed by atoms with van der Waals surface area (Å²) in [6.45, 7) is 3.77. The minimum absolute atomic E-state index is 0.0747. The van der Waals surface area contributed by atoms with Crippen LogP contribution in [0.25, 0.3) is 0 Å². The first-order chi connectivity index (χ1) is 5.04. The Morgan fingerprint density at radius 3 is 2.45 bits per heavy atom. The highest BCUT2D eigenvalue weighted by Crippen LogP contribution is 2.14. The highest BCUT2D eigenvalue weighted by atomic mass is 79.9. The normalized spacial score (nSPS) is 10.2. The van der Waals surface area contributed by atoms with Crippen molar-refractivity contribution in [1.82, 2.24) is 4.57 Å². The second-order valence-electron chi connectivity index (χ2n) is 2.64. The lowest BCUT2D eigenvalue weighted by atomic mass is 10.2. The van der Waals surface area contributed by atoms with Crippen molar-refractivity contribution in [1.29, 1.82) is 0 Å². The zero-order valence-corrected chi connectivity index (χ0v) is 8.40. The van der Waals surface area contributed by atoms with E-state index in [4.69, 9.17) is 0 Å². The molecule has 60 valence electrons. The summed E-state index contributed by atoms with van der Waals surface area (Å²) in [4.78, 5) is 11.3. The molecule has 0 saturated carbocycles.